The second-order valence-corrected chi connectivity index (χ2v) is 3.33. The number of hydrogen-bond acceptors (Lipinski definition) is 3. The number of amides is 2. The SMILES string of the molecule is CN(C)C(=O)C[C@H](N)C(=O)N(C)C. The average Bonchev–Trinajstić information content (AvgIpc) is 2.02. The van der Waals surface area contributed by atoms with Crippen molar-refractivity contribution in [1.82, 2.24) is 9.80 Å². The van der Waals surface area contributed by atoms with Crippen LogP contribution in [0.15, 0.2) is 0 Å². The van der Waals surface area contributed by atoms with Crippen molar-refractivity contribution in [1.29, 1.82) is 0 Å². The molecule has 2 N–H and O–H groups in total. The molecule has 0 aliphatic heterocycles. The third kappa shape index (κ3) is 3.89. The van der Waals surface area contributed by atoms with Gasteiger partial charge in [-0.15, -0.1) is 0 Å². The first-order valence-electron chi connectivity index (χ1n) is 4.03. The Bertz CT molecular complexity index is 202. The standard InChI is InChI=1S/C8H17N3O2/c1-10(2)7(12)5-6(9)8(13)11(3)4/h6H,5,9H2,1-4H3/t6-/m0/s1. The number of hydrogen-bond donors (Lipinski definition) is 1. The van der Waals surface area contributed by atoms with Crippen LogP contribution < -0.4 is 5.73 Å². The predicted molar refractivity (Wildman–Crippen MR) is 50.0 cm³/mol. The maximum absolute atomic E-state index is 11.2. The van der Waals surface area contributed by atoms with Crippen LogP contribution >= 0.6 is 0 Å². The molecule has 0 aromatic rings. The van der Waals surface area contributed by atoms with Crippen LogP contribution in [-0.4, -0.2) is 55.8 Å². The lowest BCUT2D eigenvalue weighted by Gasteiger charge is -2.18. The highest BCUT2D eigenvalue weighted by atomic mass is 16.2. The number of carbonyl (C=O) groups is 2. The van der Waals surface area contributed by atoms with E-state index in [0.717, 1.165) is 0 Å². The van der Waals surface area contributed by atoms with Gasteiger partial charge in [-0.2, -0.15) is 0 Å². The van der Waals surface area contributed by atoms with E-state index < -0.39 is 6.04 Å². The lowest BCUT2D eigenvalue weighted by Crippen LogP contribution is -2.43. The van der Waals surface area contributed by atoms with Crippen LogP contribution in [-0.2, 0) is 9.59 Å². The highest BCUT2D eigenvalue weighted by molar-refractivity contribution is 5.87. The molecule has 0 fully saturated rings. The van der Waals surface area contributed by atoms with Crippen molar-refractivity contribution >= 4 is 11.8 Å². The van der Waals surface area contributed by atoms with Crippen molar-refractivity contribution < 1.29 is 9.59 Å². The fourth-order valence-electron chi connectivity index (χ4n) is 0.790. The van der Waals surface area contributed by atoms with Gasteiger partial charge in [0.1, 0.15) is 0 Å². The second kappa shape index (κ2) is 4.81. The first kappa shape index (κ1) is 11.9. The molecule has 0 aliphatic carbocycles. The summed E-state index contributed by atoms with van der Waals surface area (Å²) in [4.78, 5) is 25.2. The van der Waals surface area contributed by atoms with Crippen LogP contribution in [0.2, 0.25) is 0 Å². The Morgan fingerprint density at radius 2 is 1.62 bits per heavy atom. The van der Waals surface area contributed by atoms with Crippen molar-refractivity contribution in [3.05, 3.63) is 0 Å². The molecule has 0 aliphatic rings. The van der Waals surface area contributed by atoms with Crippen molar-refractivity contribution in [2.75, 3.05) is 28.2 Å². The maximum atomic E-state index is 11.2. The Labute approximate surface area is 78.5 Å². The fraction of sp³-hybridized carbons (Fsp3) is 0.750. The molecule has 0 heterocycles. The molecular weight excluding hydrogens is 170 g/mol. The second-order valence-electron chi connectivity index (χ2n) is 3.33. The predicted octanol–water partition coefficient (Wildman–Crippen LogP) is -1.12. The van der Waals surface area contributed by atoms with Gasteiger partial charge in [0.25, 0.3) is 0 Å². The molecule has 0 saturated carbocycles. The molecule has 5 heteroatoms. The highest BCUT2D eigenvalue weighted by Gasteiger charge is 2.19. The van der Waals surface area contributed by atoms with Crippen molar-refractivity contribution in [2.24, 2.45) is 5.73 Å². The van der Waals surface area contributed by atoms with E-state index in [2.05, 4.69) is 0 Å². The van der Waals surface area contributed by atoms with Gasteiger partial charge in [-0.05, 0) is 0 Å². The van der Waals surface area contributed by atoms with Gasteiger partial charge in [-0.3, -0.25) is 9.59 Å². The molecular formula is C8H17N3O2. The normalized spacial score (nSPS) is 12.1. The molecule has 0 spiro atoms. The zero-order valence-electron chi connectivity index (χ0n) is 8.57. The summed E-state index contributed by atoms with van der Waals surface area (Å²) in [5.74, 6) is -0.363. The van der Waals surface area contributed by atoms with Crippen LogP contribution in [0.25, 0.3) is 0 Å². The molecule has 0 bridgehead atoms. The van der Waals surface area contributed by atoms with Gasteiger partial charge in [0.05, 0.1) is 12.5 Å². The van der Waals surface area contributed by atoms with E-state index in [1.165, 1.54) is 9.80 Å². The Kier molecular flexibility index (Phi) is 4.40. The van der Waals surface area contributed by atoms with E-state index in [0.29, 0.717) is 0 Å². The number of rotatable bonds is 3. The Balaban J connectivity index is 4.08. The van der Waals surface area contributed by atoms with Gasteiger partial charge in [0, 0.05) is 28.2 Å². The largest absolute Gasteiger partial charge is 0.349 e. The lowest BCUT2D eigenvalue weighted by molar-refractivity contribution is -0.135. The molecule has 0 unspecified atom stereocenters. The summed E-state index contributed by atoms with van der Waals surface area (Å²) < 4.78 is 0. The fourth-order valence-corrected chi connectivity index (χ4v) is 0.790. The number of nitrogens with two attached hydrogens (primary N) is 1. The lowest BCUT2D eigenvalue weighted by atomic mass is 10.2. The first-order valence-corrected chi connectivity index (χ1v) is 4.03. The van der Waals surface area contributed by atoms with E-state index in [1.54, 1.807) is 28.2 Å². The van der Waals surface area contributed by atoms with E-state index in [-0.39, 0.29) is 18.2 Å². The molecule has 0 saturated heterocycles. The molecule has 5 nitrogen and oxygen atoms in total. The van der Waals surface area contributed by atoms with Crippen molar-refractivity contribution in [2.45, 2.75) is 12.5 Å². The zero-order chi connectivity index (χ0) is 10.6. The summed E-state index contributed by atoms with van der Waals surface area (Å²) in [6.07, 6.45) is 0.0595. The minimum absolute atomic E-state index is 0.0595. The number of nitrogens with zero attached hydrogens (tertiary/aromatic N) is 2. The van der Waals surface area contributed by atoms with Gasteiger partial charge in [0.15, 0.2) is 0 Å². The van der Waals surface area contributed by atoms with Crippen LogP contribution in [0, 0.1) is 0 Å². The Morgan fingerprint density at radius 1 is 1.15 bits per heavy atom. The summed E-state index contributed by atoms with van der Waals surface area (Å²) >= 11 is 0. The van der Waals surface area contributed by atoms with Crippen LogP contribution in [0.1, 0.15) is 6.42 Å². The smallest absolute Gasteiger partial charge is 0.239 e. The van der Waals surface area contributed by atoms with E-state index in [4.69, 9.17) is 5.73 Å². The number of likely N-dealkylation sites (N-methyl/N-ethyl adjacent to an activating group) is 1. The van der Waals surface area contributed by atoms with Gasteiger partial charge >= 0.3 is 0 Å². The zero-order valence-corrected chi connectivity index (χ0v) is 8.57. The average molecular weight is 187 g/mol. The number of carbonyl (C=O) groups excluding carboxylic acids is 2. The van der Waals surface area contributed by atoms with Crippen molar-refractivity contribution in [3.8, 4) is 0 Å². The van der Waals surface area contributed by atoms with Crippen LogP contribution in [0.4, 0.5) is 0 Å². The molecule has 2 amide bonds. The summed E-state index contributed by atoms with van der Waals surface area (Å²) in [5.41, 5.74) is 5.52. The summed E-state index contributed by atoms with van der Waals surface area (Å²) in [5, 5.41) is 0. The molecule has 0 rings (SSSR count). The highest BCUT2D eigenvalue weighted by Crippen LogP contribution is 1.95. The molecule has 0 aromatic heterocycles. The van der Waals surface area contributed by atoms with Crippen LogP contribution in [0.5, 0.6) is 0 Å². The first-order chi connectivity index (χ1) is 5.86. The molecule has 0 radical (unpaired) electrons. The molecule has 0 aromatic carbocycles. The van der Waals surface area contributed by atoms with Crippen molar-refractivity contribution in [3.63, 3.8) is 0 Å². The Hall–Kier alpha value is -1.10. The van der Waals surface area contributed by atoms with Gasteiger partial charge < -0.3 is 15.5 Å². The van der Waals surface area contributed by atoms with Gasteiger partial charge in [-0.1, -0.05) is 0 Å². The van der Waals surface area contributed by atoms with Gasteiger partial charge in [-0.25, -0.2) is 0 Å². The van der Waals surface area contributed by atoms with E-state index in [1.807, 2.05) is 0 Å². The third-order valence-corrected chi connectivity index (χ3v) is 1.65. The van der Waals surface area contributed by atoms with E-state index in [9.17, 15) is 9.59 Å². The maximum Gasteiger partial charge on any atom is 0.239 e. The molecule has 1 atom stereocenters. The topological polar surface area (TPSA) is 66.6 Å². The quantitative estimate of drug-likeness (QED) is 0.608. The minimum Gasteiger partial charge on any atom is -0.349 e. The Morgan fingerprint density at radius 3 is 1.92 bits per heavy atom. The summed E-state index contributed by atoms with van der Waals surface area (Å²) in [7, 11) is 6.50. The monoisotopic (exact) mass is 187 g/mol. The van der Waals surface area contributed by atoms with Crippen LogP contribution in [0.3, 0.4) is 0 Å². The molecule has 13 heavy (non-hydrogen) atoms. The molecule has 76 valence electrons. The summed E-state index contributed by atoms with van der Waals surface area (Å²) in [6, 6.07) is -0.732. The van der Waals surface area contributed by atoms with E-state index >= 15 is 0 Å². The van der Waals surface area contributed by atoms with Gasteiger partial charge in [0.2, 0.25) is 11.8 Å². The minimum atomic E-state index is -0.732. The third-order valence-electron chi connectivity index (χ3n) is 1.65. The summed E-state index contributed by atoms with van der Waals surface area (Å²) in [6.45, 7) is 0.